The number of aryl methyl sites for hydroxylation is 1. The maximum atomic E-state index is 11.6. The number of hydrogen-bond acceptors (Lipinski definition) is 4. The number of carbonyl (C=O) groups is 2. The predicted octanol–water partition coefficient (Wildman–Crippen LogP) is 2.35. The number of carbonyl (C=O) groups excluding carboxylic acids is 2. The second-order valence-corrected chi connectivity index (χ2v) is 3.87. The molecule has 0 aliphatic heterocycles. The molecule has 0 aliphatic carbocycles. The minimum absolute atomic E-state index is 0.409. The van der Waals surface area contributed by atoms with Gasteiger partial charge in [-0.3, -0.25) is 4.57 Å². The first-order chi connectivity index (χ1) is 8.58. The van der Waals surface area contributed by atoms with Gasteiger partial charge in [-0.1, -0.05) is 0 Å². The van der Waals surface area contributed by atoms with E-state index in [-0.39, 0.29) is 0 Å². The van der Waals surface area contributed by atoms with Gasteiger partial charge in [-0.05, 0) is 30.7 Å². The first kappa shape index (κ1) is 12.2. The second kappa shape index (κ2) is 4.52. The van der Waals surface area contributed by atoms with E-state index < -0.39 is 12.1 Å². The van der Waals surface area contributed by atoms with Crippen molar-refractivity contribution in [3.05, 3.63) is 35.5 Å². The summed E-state index contributed by atoms with van der Waals surface area (Å²) in [5.74, 6) is -0.433. The van der Waals surface area contributed by atoms with Crippen LogP contribution in [0, 0.1) is 6.92 Å². The van der Waals surface area contributed by atoms with E-state index in [0.717, 1.165) is 10.9 Å². The molecule has 0 spiro atoms. The highest BCUT2D eigenvalue weighted by atomic mass is 16.5. The van der Waals surface area contributed by atoms with Gasteiger partial charge < -0.3 is 9.47 Å². The van der Waals surface area contributed by atoms with E-state index in [9.17, 15) is 9.59 Å². The summed E-state index contributed by atoms with van der Waals surface area (Å²) in [5.41, 5.74) is 1.93. The van der Waals surface area contributed by atoms with Crippen molar-refractivity contribution in [3.8, 4) is 0 Å². The quantitative estimate of drug-likeness (QED) is 0.726. The maximum Gasteiger partial charge on any atom is 0.418 e. The van der Waals surface area contributed by atoms with Crippen LogP contribution in [0.1, 0.15) is 15.9 Å². The first-order valence-electron chi connectivity index (χ1n) is 5.37. The van der Waals surface area contributed by atoms with E-state index in [4.69, 9.17) is 0 Å². The molecular weight excluding hydrogens is 234 g/mol. The normalized spacial score (nSPS) is 10.4. The third-order valence-electron chi connectivity index (χ3n) is 2.81. The van der Waals surface area contributed by atoms with Gasteiger partial charge >= 0.3 is 12.1 Å². The Bertz CT molecular complexity index is 627. The van der Waals surface area contributed by atoms with Crippen LogP contribution in [0.25, 0.3) is 10.9 Å². The Hall–Kier alpha value is -2.30. The molecule has 18 heavy (non-hydrogen) atoms. The summed E-state index contributed by atoms with van der Waals surface area (Å²) in [6.45, 7) is 1.87. The van der Waals surface area contributed by atoms with Crippen LogP contribution in [0.15, 0.2) is 24.4 Å². The van der Waals surface area contributed by atoms with Crippen LogP contribution in [0.2, 0.25) is 0 Å². The van der Waals surface area contributed by atoms with Gasteiger partial charge in [0, 0.05) is 11.6 Å². The zero-order valence-electron chi connectivity index (χ0n) is 10.4. The lowest BCUT2D eigenvalue weighted by molar-refractivity contribution is 0.0600. The van der Waals surface area contributed by atoms with Crippen molar-refractivity contribution >= 4 is 23.0 Å². The molecule has 1 aromatic carbocycles. The highest BCUT2D eigenvalue weighted by Gasteiger charge is 2.14. The fraction of sp³-hybridized carbons (Fsp3) is 0.231. The van der Waals surface area contributed by atoms with Gasteiger partial charge in [-0.15, -0.1) is 0 Å². The number of esters is 1. The van der Waals surface area contributed by atoms with Crippen LogP contribution >= 0.6 is 0 Å². The number of benzene rings is 1. The van der Waals surface area contributed by atoms with Gasteiger partial charge in [0.1, 0.15) is 0 Å². The summed E-state index contributed by atoms with van der Waals surface area (Å²) in [4.78, 5) is 23.1. The number of rotatable bonds is 1. The molecule has 0 amide bonds. The molecule has 2 rings (SSSR count). The van der Waals surface area contributed by atoms with Crippen LogP contribution in [-0.2, 0) is 9.47 Å². The van der Waals surface area contributed by atoms with Gasteiger partial charge in [-0.2, -0.15) is 0 Å². The average molecular weight is 247 g/mol. The molecule has 0 aliphatic rings. The van der Waals surface area contributed by atoms with Crippen molar-refractivity contribution in [2.24, 2.45) is 0 Å². The van der Waals surface area contributed by atoms with Crippen molar-refractivity contribution in [2.45, 2.75) is 6.92 Å². The monoisotopic (exact) mass is 247 g/mol. The standard InChI is InChI=1S/C13H13NO4/c1-8-6-9(12(15)17-2)7-11-10(8)4-5-14(11)13(16)18-3/h4-7H,1-3H3. The van der Waals surface area contributed by atoms with Crippen molar-refractivity contribution in [1.82, 2.24) is 4.57 Å². The average Bonchev–Trinajstić information content (AvgIpc) is 2.81. The molecule has 1 aromatic heterocycles. The molecule has 0 radical (unpaired) electrons. The van der Waals surface area contributed by atoms with Crippen LogP contribution in [0.5, 0.6) is 0 Å². The number of methoxy groups -OCH3 is 2. The smallest absolute Gasteiger partial charge is 0.418 e. The summed E-state index contributed by atoms with van der Waals surface area (Å²) in [6, 6.07) is 5.16. The third-order valence-corrected chi connectivity index (χ3v) is 2.81. The Morgan fingerprint density at radius 1 is 1.17 bits per heavy atom. The lowest BCUT2D eigenvalue weighted by Gasteiger charge is -2.06. The fourth-order valence-corrected chi connectivity index (χ4v) is 1.92. The minimum atomic E-state index is -0.494. The zero-order chi connectivity index (χ0) is 13.3. The Balaban J connectivity index is 2.68. The van der Waals surface area contributed by atoms with E-state index in [0.29, 0.717) is 11.1 Å². The molecule has 0 bridgehead atoms. The van der Waals surface area contributed by atoms with Crippen LogP contribution in [0.3, 0.4) is 0 Å². The Labute approximate surface area is 104 Å². The van der Waals surface area contributed by atoms with Crippen LogP contribution in [-0.4, -0.2) is 30.8 Å². The van der Waals surface area contributed by atoms with E-state index >= 15 is 0 Å². The number of fused-ring (bicyclic) bond motifs is 1. The molecule has 94 valence electrons. The van der Waals surface area contributed by atoms with Crippen molar-refractivity contribution < 1.29 is 19.1 Å². The number of ether oxygens (including phenoxy) is 2. The molecule has 5 heteroatoms. The number of hydrogen-bond donors (Lipinski definition) is 0. The first-order valence-corrected chi connectivity index (χ1v) is 5.37. The van der Waals surface area contributed by atoms with Gasteiger partial charge in [-0.25, -0.2) is 9.59 Å². The molecule has 5 nitrogen and oxygen atoms in total. The molecule has 0 atom stereocenters. The lowest BCUT2D eigenvalue weighted by atomic mass is 10.1. The summed E-state index contributed by atoms with van der Waals surface area (Å²) < 4.78 is 10.7. The minimum Gasteiger partial charge on any atom is -0.465 e. The fourth-order valence-electron chi connectivity index (χ4n) is 1.92. The third kappa shape index (κ3) is 1.84. The highest BCUT2D eigenvalue weighted by molar-refractivity contribution is 5.98. The molecule has 0 N–H and O–H groups in total. The number of aromatic nitrogens is 1. The van der Waals surface area contributed by atoms with E-state index in [2.05, 4.69) is 9.47 Å². The van der Waals surface area contributed by atoms with Crippen molar-refractivity contribution in [2.75, 3.05) is 14.2 Å². The van der Waals surface area contributed by atoms with Crippen molar-refractivity contribution in [3.63, 3.8) is 0 Å². The SMILES string of the molecule is COC(=O)c1cc(C)c2ccn(C(=O)OC)c2c1. The zero-order valence-corrected chi connectivity index (χ0v) is 10.4. The second-order valence-electron chi connectivity index (χ2n) is 3.87. The number of nitrogens with zero attached hydrogens (tertiary/aromatic N) is 1. The Morgan fingerprint density at radius 3 is 2.50 bits per heavy atom. The van der Waals surface area contributed by atoms with Gasteiger partial charge in [0.2, 0.25) is 0 Å². The highest BCUT2D eigenvalue weighted by Crippen LogP contribution is 2.22. The molecule has 0 saturated heterocycles. The molecular formula is C13H13NO4. The van der Waals surface area contributed by atoms with E-state index in [1.54, 1.807) is 18.3 Å². The molecule has 0 saturated carbocycles. The van der Waals surface area contributed by atoms with Crippen LogP contribution < -0.4 is 0 Å². The van der Waals surface area contributed by atoms with Gasteiger partial charge in [0.15, 0.2) is 0 Å². The summed E-state index contributed by atoms with van der Waals surface area (Å²) >= 11 is 0. The van der Waals surface area contributed by atoms with Crippen molar-refractivity contribution in [1.29, 1.82) is 0 Å². The Morgan fingerprint density at radius 2 is 1.89 bits per heavy atom. The predicted molar refractivity (Wildman–Crippen MR) is 65.8 cm³/mol. The van der Waals surface area contributed by atoms with E-state index in [1.165, 1.54) is 18.8 Å². The Kier molecular flexibility index (Phi) is 3.06. The molecule has 1 heterocycles. The topological polar surface area (TPSA) is 57.5 Å². The largest absolute Gasteiger partial charge is 0.465 e. The summed E-state index contributed by atoms with van der Waals surface area (Å²) in [5, 5.41) is 0.896. The molecule has 0 unspecified atom stereocenters. The maximum absolute atomic E-state index is 11.6. The molecule has 0 fully saturated rings. The van der Waals surface area contributed by atoms with Crippen LogP contribution in [0.4, 0.5) is 4.79 Å². The summed E-state index contributed by atoms with van der Waals surface area (Å²) in [7, 11) is 2.63. The van der Waals surface area contributed by atoms with Gasteiger partial charge in [0.05, 0.1) is 25.3 Å². The lowest BCUT2D eigenvalue weighted by Crippen LogP contribution is -2.10. The van der Waals surface area contributed by atoms with E-state index in [1.807, 2.05) is 13.0 Å². The van der Waals surface area contributed by atoms with Gasteiger partial charge in [0.25, 0.3) is 0 Å². The molecule has 2 aromatic rings. The summed E-state index contributed by atoms with van der Waals surface area (Å²) in [6.07, 6.45) is 1.12.